The van der Waals surface area contributed by atoms with Crippen LogP contribution in [0.3, 0.4) is 0 Å². The van der Waals surface area contributed by atoms with E-state index in [4.69, 9.17) is 0 Å². The molecule has 0 spiro atoms. The van der Waals surface area contributed by atoms with Gasteiger partial charge in [0.25, 0.3) is 0 Å². The molecule has 23 heavy (non-hydrogen) atoms. The highest BCUT2D eigenvalue weighted by molar-refractivity contribution is 7.90. The normalized spacial score (nSPS) is 12.7. The van der Waals surface area contributed by atoms with E-state index in [1.54, 1.807) is 12.1 Å². The Kier molecular flexibility index (Phi) is 3.85. The van der Waals surface area contributed by atoms with E-state index in [-0.39, 0.29) is 0 Å². The van der Waals surface area contributed by atoms with Crippen LogP contribution in [0.2, 0.25) is 0 Å². The summed E-state index contributed by atoms with van der Waals surface area (Å²) in [6.45, 7) is 0. The fourth-order valence-corrected chi connectivity index (χ4v) is 4.44. The molecule has 0 saturated carbocycles. The summed E-state index contributed by atoms with van der Waals surface area (Å²) in [6, 6.07) is 8.76. The molecular formula is C14H9F3N2O2S2. The van der Waals surface area contributed by atoms with Gasteiger partial charge in [-0.25, -0.2) is 18.4 Å². The molecule has 0 aliphatic carbocycles. The zero-order valence-corrected chi connectivity index (χ0v) is 13.0. The second-order valence-electron chi connectivity index (χ2n) is 4.72. The van der Waals surface area contributed by atoms with Crippen LogP contribution in [-0.4, -0.2) is 18.4 Å². The van der Waals surface area contributed by atoms with Gasteiger partial charge < -0.3 is 0 Å². The van der Waals surface area contributed by atoms with Crippen molar-refractivity contribution in [2.75, 3.05) is 0 Å². The van der Waals surface area contributed by atoms with E-state index in [0.717, 1.165) is 10.8 Å². The number of alkyl halides is 3. The zero-order valence-electron chi connectivity index (χ0n) is 11.4. The van der Waals surface area contributed by atoms with Crippen LogP contribution in [0.4, 0.5) is 13.2 Å². The number of pyridine rings is 1. The Balaban J connectivity index is 1.89. The summed E-state index contributed by atoms with van der Waals surface area (Å²) in [4.78, 5) is 7.65. The van der Waals surface area contributed by atoms with Crippen molar-refractivity contribution in [3.05, 3.63) is 53.2 Å². The number of para-hydroxylation sites is 1. The summed E-state index contributed by atoms with van der Waals surface area (Å²) in [6.07, 6.45) is -4.03. The van der Waals surface area contributed by atoms with E-state index in [0.29, 0.717) is 22.8 Å². The Bertz CT molecular complexity index is 915. The largest absolute Gasteiger partial charge is 0.417 e. The van der Waals surface area contributed by atoms with Crippen molar-refractivity contribution in [3.8, 4) is 0 Å². The molecule has 120 valence electrons. The van der Waals surface area contributed by atoms with Gasteiger partial charge in [-0.2, -0.15) is 13.2 Å². The van der Waals surface area contributed by atoms with Gasteiger partial charge in [0.1, 0.15) is 10.8 Å². The number of nitrogens with zero attached hydrogens (tertiary/aromatic N) is 2. The van der Waals surface area contributed by atoms with Crippen molar-refractivity contribution in [2.45, 2.75) is 17.0 Å². The van der Waals surface area contributed by atoms with E-state index < -0.39 is 32.4 Å². The van der Waals surface area contributed by atoms with Gasteiger partial charge in [0.2, 0.25) is 9.84 Å². The van der Waals surface area contributed by atoms with Crippen molar-refractivity contribution < 1.29 is 21.6 Å². The maximum absolute atomic E-state index is 12.5. The number of thiazole rings is 1. The Morgan fingerprint density at radius 2 is 1.83 bits per heavy atom. The lowest BCUT2D eigenvalue weighted by Crippen LogP contribution is -2.10. The van der Waals surface area contributed by atoms with Gasteiger partial charge in [-0.1, -0.05) is 12.1 Å². The van der Waals surface area contributed by atoms with E-state index in [1.807, 2.05) is 12.1 Å². The third-order valence-electron chi connectivity index (χ3n) is 3.03. The van der Waals surface area contributed by atoms with Gasteiger partial charge in [0, 0.05) is 6.20 Å². The van der Waals surface area contributed by atoms with Gasteiger partial charge >= 0.3 is 6.18 Å². The van der Waals surface area contributed by atoms with E-state index in [1.165, 1.54) is 11.3 Å². The number of aromatic nitrogens is 2. The SMILES string of the molecule is O=S(=O)(Cc1nc2ccccc2s1)c1ccc(C(F)(F)F)cn1. The topological polar surface area (TPSA) is 59.9 Å². The molecule has 0 N–H and O–H groups in total. The summed E-state index contributed by atoms with van der Waals surface area (Å²) < 4.78 is 62.8. The molecule has 9 heteroatoms. The van der Waals surface area contributed by atoms with Crippen molar-refractivity contribution in [2.24, 2.45) is 0 Å². The number of benzene rings is 1. The van der Waals surface area contributed by atoms with Crippen molar-refractivity contribution >= 4 is 31.4 Å². The summed E-state index contributed by atoms with van der Waals surface area (Å²) in [7, 11) is -3.85. The third kappa shape index (κ3) is 3.35. The molecule has 0 aliphatic rings. The van der Waals surface area contributed by atoms with Gasteiger partial charge in [0.05, 0.1) is 15.8 Å². The highest BCUT2D eigenvalue weighted by atomic mass is 32.2. The molecule has 0 saturated heterocycles. The fourth-order valence-electron chi connectivity index (χ4n) is 1.95. The highest BCUT2D eigenvalue weighted by Crippen LogP contribution is 2.29. The molecule has 1 aromatic carbocycles. The van der Waals surface area contributed by atoms with Gasteiger partial charge in [0.15, 0.2) is 5.03 Å². The van der Waals surface area contributed by atoms with Crippen LogP contribution in [0.5, 0.6) is 0 Å². The summed E-state index contributed by atoms with van der Waals surface area (Å²) in [5, 5.41) is -0.0299. The van der Waals surface area contributed by atoms with Crippen LogP contribution in [-0.2, 0) is 21.8 Å². The summed E-state index contributed by atoms with van der Waals surface area (Å²) in [5.74, 6) is -0.398. The number of rotatable bonds is 3. The Labute approximate surface area is 133 Å². The molecular weight excluding hydrogens is 349 g/mol. The molecule has 2 heterocycles. The molecule has 4 nitrogen and oxygen atoms in total. The maximum atomic E-state index is 12.5. The number of hydrogen-bond donors (Lipinski definition) is 0. The second kappa shape index (κ2) is 5.57. The highest BCUT2D eigenvalue weighted by Gasteiger charge is 2.31. The first-order valence-corrected chi connectivity index (χ1v) is 8.83. The van der Waals surface area contributed by atoms with Crippen LogP contribution in [0.25, 0.3) is 10.2 Å². The standard InChI is InChI=1S/C14H9F3N2O2S2/c15-14(16,17)9-5-6-13(18-7-9)23(20,21)8-12-19-10-3-1-2-4-11(10)22-12/h1-7H,8H2. The van der Waals surface area contributed by atoms with Gasteiger partial charge in [-0.3, -0.25) is 0 Å². The van der Waals surface area contributed by atoms with E-state index in [2.05, 4.69) is 9.97 Å². The average Bonchev–Trinajstić information content (AvgIpc) is 2.87. The minimum atomic E-state index is -4.55. The molecule has 0 fully saturated rings. The zero-order chi connectivity index (χ0) is 16.7. The number of sulfone groups is 1. The summed E-state index contributed by atoms with van der Waals surface area (Å²) >= 11 is 1.23. The first-order valence-electron chi connectivity index (χ1n) is 6.36. The predicted octanol–water partition coefficient (Wildman–Crippen LogP) is 3.68. The van der Waals surface area contributed by atoms with Crippen molar-refractivity contribution in [1.82, 2.24) is 9.97 Å². The monoisotopic (exact) mass is 358 g/mol. The van der Waals surface area contributed by atoms with Crippen molar-refractivity contribution in [1.29, 1.82) is 0 Å². The fraction of sp³-hybridized carbons (Fsp3) is 0.143. The van der Waals surface area contributed by atoms with E-state index >= 15 is 0 Å². The number of halogens is 3. The molecule has 0 unspecified atom stereocenters. The second-order valence-corrected chi connectivity index (χ2v) is 7.77. The Hall–Kier alpha value is -2.00. The van der Waals surface area contributed by atoms with Crippen LogP contribution in [0, 0.1) is 0 Å². The summed E-state index contributed by atoms with van der Waals surface area (Å²) in [5.41, 5.74) is -0.306. The Morgan fingerprint density at radius 3 is 2.43 bits per heavy atom. The van der Waals surface area contributed by atoms with Gasteiger partial charge in [-0.05, 0) is 24.3 Å². The average molecular weight is 358 g/mol. The predicted molar refractivity (Wildman–Crippen MR) is 79.7 cm³/mol. The van der Waals surface area contributed by atoms with Crippen LogP contribution >= 0.6 is 11.3 Å². The van der Waals surface area contributed by atoms with Gasteiger partial charge in [-0.15, -0.1) is 11.3 Å². The molecule has 0 bridgehead atoms. The molecule has 3 aromatic rings. The quantitative estimate of drug-likeness (QED) is 0.717. The minimum Gasteiger partial charge on any atom is -0.244 e. The number of hydrogen-bond acceptors (Lipinski definition) is 5. The maximum Gasteiger partial charge on any atom is 0.417 e. The molecule has 0 atom stereocenters. The minimum absolute atomic E-state index is 0.368. The molecule has 0 radical (unpaired) electrons. The first-order chi connectivity index (χ1) is 10.8. The smallest absolute Gasteiger partial charge is 0.244 e. The van der Waals surface area contributed by atoms with Crippen LogP contribution in [0.1, 0.15) is 10.6 Å². The Morgan fingerprint density at radius 1 is 1.09 bits per heavy atom. The first kappa shape index (κ1) is 15.9. The van der Waals surface area contributed by atoms with Crippen LogP contribution < -0.4 is 0 Å². The molecule has 2 aromatic heterocycles. The lowest BCUT2D eigenvalue weighted by molar-refractivity contribution is -0.137. The molecule has 0 aliphatic heterocycles. The third-order valence-corrected chi connectivity index (χ3v) is 5.79. The lowest BCUT2D eigenvalue weighted by Gasteiger charge is -2.06. The molecule has 0 amide bonds. The van der Waals surface area contributed by atoms with Crippen LogP contribution in [0.15, 0.2) is 47.6 Å². The number of fused-ring (bicyclic) bond motifs is 1. The lowest BCUT2D eigenvalue weighted by atomic mass is 10.3. The van der Waals surface area contributed by atoms with E-state index in [9.17, 15) is 21.6 Å². The van der Waals surface area contributed by atoms with Crippen molar-refractivity contribution in [3.63, 3.8) is 0 Å². The molecule has 3 rings (SSSR count).